The molecule has 0 aliphatic heterocycles. The molecule has 88 valence electrons. The van der Waals surface area contributed by atoms with E-state index in [9.17, 15) is 13.6 Å². The van der Waals surface area contributed by atoms with E-state index in [2.05, 4.69) is 5.32 Å². The molecule has 1 aromatic carbocycles. The normalized spacial score (nSPS) is 10.5. The molecular formula is C12H15F2NO. The van der Waals surface area contributed by atoms with Gasteiger partial charge in [-0.1, -0.05) is 6.07 Å². The fraction of sp³-hybridized carbons (Fsp3) is 0.417. The third kappa shape index (κ3) is 2.85. The van der Waals surface area contributed by atoms with Gasteiger partial charge in [-0.15, -0.1) is 0 Å². The lowest BCUT2D eigenvalue weighted by Gasteiger charge is -2.06. The molecule has 0 fully saturated rings. The molecule has 0 saturated carbocycles. The molecule has 0 aromatic heterocycles. The van der Waals surface area contributed by atoms with E-state index in [-0.39, 0.29) is 6.42 Å². The molecule has 0 aliphatic carbocycles. The predicted octanol–water partition coefficient (Wildman–Crippen LogP) is 2.46. The van der Waals surface area contributed by atoms with Gasteiger partial charge in [-0.3, -0.25) is 4.79 Å². The monoisotopic (exact) mass is 227 g/mol. The first-order valence-electron chi connectivity index (χ1n) is 5.20. The molecule has 0 amide bonds. The van der Waals surface area contributed by atoms with E-state index in [1.165, 1.54) is 13.0 Å². The fourth-order valence-corrected chi connectivity index (χ4v) is 1.46. The van der Waals surface area contributed by atoms with Crippen molar-refractivity contribution < 1.29 is 13.6 Å². The standard InChI is InChI=1S/C12H15F2NO/c1-8-5-6-9(13)11(12(8)14)10(16)4-3-7-15-2/h5-6,15H,3-4,7H2,1-2H3. The number of rotatable bonds is 5. The minimum Gasteiger partial charge on any atom is -0.320 e. The molecule has 2 nitrogen and oxygen atoms in total. The summed E-state index contributed by atoms with van der Waals surface area (Å²) in [6, 6.07) is 2.46. The molecule has 1 aromatic rings. The highest BCUT2D eigenvalue weighted by Gasteiger charge is 2.18. The zero-order chi connectivity index (χ0) is 12.1. The summed E-state index contributed by atoms with van der Waals surface area (Å²) in [4.78, 5) is 11.6. The summed E-state index contributed by atoms with van der Waals surface area (Å²) in [5, 5.41) is 2.88. The first-order valence-corrected chi connectivity index (χ1v) is 5.20. The van der Waals surface area contributed by atoms with Gasteiger partial charge in [0.2, 0.25) is 0 Å². The van der Waals surface area contributed by atoms with Crippen LogP contribution >= 0.6 is 0 Å². The molecule has 0 aliphatic rings. The number of carbonyl (C=O) groups is 1. The van der Waals surface area contributed by atoms with Gasteiger partial charge in [0.15, 0.2) is 5.78 Å². The first kappa shape index (κ1) is 12.8. The van der Waals surface area contributed by atoms with Gasteiger partial charge in [-0.2, -0.15) is 0 Å². The average Bonchev–Trinajstić information content (AvgIpc) is 2.24. The second kappa shape index (κ2) is 5.70. The summed E-state index contributed by atoms with van der Waals surface area (Å²) in [5.41, 5.74) is -0.116. The van der Waals surface area contributed by atoms with Gasteiger partial charge in [0.05, 0.1) is 5.56 Å². The number of aryl methyl sites for hydroxylation is 1. The van der Waals surface area contributed by atoms with Crippen LogP contribution in [0.1, 0.15) is 28.8 Å². The topological polar surface area (TPSA) is 29.1 Å². The quantitative estimate of drug-likeness (QED) is 0.618. The maximum absolute atomic E-state index is 13.5. The van der Waals surface area contributed by atoms with Gasteiger partial charge in [-0.25, -0.2) is 8.78 Å². The van der Waals surface area contributed by atoms with Crippen LogP contribution in [0.15, 0.2) is 12.1 Å². The number of carbonyl (C=O) groups excluding carboxylic acids is 1. The Labute approximate surface area is 93.7 Å². The molecule has 0 radical (unpaired) electrons. The molecule has 1 rings (SSSR count). The summed E-state index contributed by atoms with van der Waals surface area (Å²) in [6.45, 7) is 2.17. The summed E-state index contributed by atoms with van der Waals surface area (Å²) in [7, 11) is 1.76. The van der Waals surface area contributed by atoms with Crippen molar-refractivity contribution in [3.63, 3.8) is 0 Å². The number of halogens is 2. The number of Topliss-reactive ketones (excluding diaryl/α,β-unsaturated/α-hetero) is 1. The highest BCUT2D eigenvalue weighted by molar-refractivity contribution is 5.96. The lowest BCUT2D eigenvalue weighted by atomic mass is 10.0. The van der Waals surface area contributed by atoms with E-state index in [0.717, 1.165) is 6.07 Å². The van der Waals surface area contributed by atoms with Gasteiger partial charge in [0, 0.05) is 6.42 Å². The molecule has 0 unspecified atom stereocenters. The fourth-order valence-electron chi connectivity index (χ4n) is 1.46. The molecule has 0 bridgehead atoms. The maximum atomic E-state index is 13.5. The van der Waals surface area contributed by atoms with E-state index < -0.39 is 23.0 Å². The van der Waals surface area contributed by atoms with Crippen LogP contribution in [0, 0.1) is 18.6 Å². The average molecular weight is 227 g/mol. The zero-order valence-corrected chi connectivity index (χ0v) is 9.44. The summed E-state index contributed by atoms with van der Waals surface area (Å²) < 4.78 is 26.9. The van der Waals surface area contributed by atoms with Gasteiger partial charge in [0.25, 0.3) is 0 Å². The van der Waals surface area contributed by atoms with E-state index in [1.54, 1.807) is 7.05 Å². The number of benzene rings is 1. The first-order chi connectivity index (χ1) is 7.57. The number of hydrogen-bond acceptors (Lipinski definition) is 2. The van der Waals surface area contributed by atoms with Crippen molar-refractivity contribution in [2.45, 2.75) is 19.8 Å². The van der Waals surface area contributed by atoms with Crippen LogP contribution in [0.4, 0.5) is 8.78 Å². The van der Waals surface area contributed by atoms with Gasteiger partial charge in [-0.05, 0) is 38.6 Å². The molecule has 4 heteroatoms. The largest absolute Gasteiger partial charge is 0.320 e. The van der Waals surface area contributed by atoms with Crippen molar-refractivity contribution in [1.29, 1.82) is 0 Å². The number of nitrogens with one attached hydrogen (secondary N) is 1. The Morgan fingerprint density at radius 3 is 2.69 bits per heavy atom. The van der Waals surface area contributed by atoms with E-state index >= 15 is 0 Å². The van der Waals surface area contributed by atoms with Gasteiger partial charge in [0.1, 0.15) is 11.6 Å². The van der Waals surface area contributed by atoms with Gasteiger partial charge >= 0.3 is 0 Å². The summed E-state index contributed by atoms with van der Waals surface area (Å²) in [6.07, 6.45) is 0.723. The van der Waals surface area contributed by atoms with E-state index in [1.807, 2.05) is 0 Å². The van der Waals surface area contributed by atoms with Crippen molar-refractivity contribution in [3.05, 3.63) is 34.9 Å². The van der Waals surface area contributed by atoms with Crippen LogP contribution in [0.5, 0.6) is 0 Å². The maximum Gasteiger partial charge on any atom is 0.168 e. The van der Waals surface area contributed by atoms with Crippen molar-refractivity contribution >= 4 is 5.78 Å². The van der Waals surface area contributed by atoms with Crippen molar-refractivity contribution in [2.24, 2.45) is 0 Å². The van der Waals surface area contributed by atoms with Crippen LogP contribution in [0.25, 0.3) is 0 Å². The highest BCUT2D eigenvalue weighted by Crippen LogP contribution is 2.18. The van der Waals surface area contributed by atoms with Gasteiger partial charge < -0.3 is 5.32 Å². The molecule has 0 spiro atoms. The SMILES string of the molecule is CNCCCC(=O)c1c(F)ccc(C)c1F. The Kier molecular flexibility index (Phi) is 4.55. The van der Waals surface area contributed by atoms with Crippen molar-refractivity contribution in [2.75, 3.05) is 13.6 Å². The number of hydrogen-bond donors (Lipinski definition) is 1. The Morgan fingerprint density at radius 1 is 1.38 bits per heavy atom. The minimum atomic E-state index is -0.780. The third-order valence-corrected chi connectivity index (χ3v) is 2.39. The Balaban J connectivity index is 2.86. The van der Waals surface area contributed by atoms with E-state index in [0.29, 0.717) is 18.5 Å². The molecule has 1 N–H and O–H groups in total. The van der Waals surface area contributed by atoms with Crippen molar-refractivity contribution in [3.8, 4) is 0 Å². The van der Waals surface area contributed by atoms with Crippen molar-refractivity contribution in [1.82, 2.24) is 5.32 Å². The molecule has 0 saturated heterocycles. The minimum absolute atomic E-state index is 0.151. The smallest absolute Gasteiger partial charge is 0.168 e. The second-order valence-corrected chi connectivity index (χ2v) is 3.68. The summed E-state index contributed by atoms with van der Waals surface area (Å²) >= 11 is 0. The zero-order valence-electron chi connectivity index (χ0n) is 9.44. The molecule has 16 heavy (non-hydrogen) atoms. The van der Waals surface area contributed by atoms with E-state index in [4.69, 9.17) is 0 Å². The Hall–Kier alpha value is -1.29. The molecule has 0 atom stereocenters. The lowest BCUT2D eigenvalue weighted by molar-refractivity contribution is 0.0972. The summed E-state index contributed by atoms with van der Waals surface area (Å²) in [5.74, 6) is -2.00. The predicted molar refractivity (Wildman–Crippen MR) is 58.6 cm³/mol. The highest BCUT2D eigenvalue weighted by atomic mass is 19.1. The lowest BCUT2D eigenvalue weighted by Crippen LogP contribution is -2.12. The molecule has 0 heterocycles. The Bertz CT molecular complexity index is 391. The van der Waals surface area contributed by atoms with Crippen LogP contribution in [-0.4, -0.2) is 19.4 Å². The second-order valence-electron chi connectivity index (χ2n) is 3.68. The van der Waals surface area contributed by atoms with Crippen LogP contribution in [0.2, 0.25) is 0 Å². The van der Waals surface area contributed by atoms with Crippen LogP contribution in [-0.2, 0) is 0 Å². The van der Waals surface area contributed by atoms with Crippen LogP contribution < -0.4 is 5.32 Å². The molecular weight excluding hydrogens is 212 g/mol. The van der Waals surface area contributed by atoms with Crippen LogP contribution in [0.3, 0.4) is 0 Å². The third-order valence-electron chi connectivity index (χ3n) is 2.39. The number of ketones is 1. The Morgan fingerprint density at radius 2 is 2.06 bits per heavy atom.